The maximum atomic E-state index is 13.7. The molecule has 4 heteroatoms. The molecular formula is C11H13FO3. The predicted molar refractivity (Wildman–Crippen MR) is 53.7 cm³/mol. The topological polar surface area (TPSA) is 46.5 Å². The van der Waals surface area contributed by atoms with E-state index in [9.17, 15) is 9.18 Å². The summed E-state index contributed by atoms with van der Waals surface area (Å²) in [7, 11) is 1.39. The van der Waals surface area contributed by atoms with Gasteiger partial charge >= 0.3 is 5.97 Å². The fourth-order valence-corrected chi connectivity index (χ4v) is 1.39. The standard InChI is InChI=1S/C11H13FO3/c1-6-4-5-8(15-3)9(10(6)12)7(2)11(13)14/h4-5,7H,1-3H3,(H,13,14). The number of ether oxygens (including phenoxy) is 1. The van der Waals surface area contributed by atoms with Gasteiger partial charge in [0.25, 0.3) is 0 Å². The molecule has 3 nitrogen and oxygen atoms in total. The summed E-state index contributed by atoms with van der Waals surface area (Å²) in [4.78, 5) is 10.8. The van der Waals surface area contributed by atoms with E-state index in [-0.39, 0.29) is 11.3 Å². The molecule has 15 heavy (non-hydrogen) atoms. The third-order valence-electron chi connectivity index (χ3n) is 2.36. The first-order valence-corrected chi connectivity index (χ1v) is 4.54. The number of aryl methyl sites for hydroxylation is 1. The monoisotopic (exact) mass is 212 g/mol. The van der Waals surface area contributed by atoms with Crippen molar-refractivity contribution in [2.45, 2.75) is 19.8 Å². The highest BCUT2D eigenvalue weighted by atomic mass is 19.1. The number of rotatable bonds is 3. The van der Waals surface area contributed by atoms with E-state index >= 15 is 0 Å². The summed E-state index contributed by atoms with van der Waals surface area (Å²) in [6.45, 7) is 3.02. The quantitative estimate of drug-likeness (QED) is 0.836. The smallest absolute Gasteiger partial charge is 0.310 e. The highest BCUT2D eigenvalue weighted by molar-refractivity contribution is 5.77. The first kappa shape index (κ1) is 11.5. The van der Waals surface area contributed by atoms with Crippen molar-refractivity contribution in [3.05, 3.63) is 29.1 Å². The Labute approximate surface area is 87.5 Å². The van der Waals surface area contributed by atoms with E-state index in [1.165, 1.54) is 14.0 Å². The number of hydrogen-bond acceptors (Lipinski definition) is 2. The third kappa shape index (κ3) is 2.09. The molecule has 1 rings (SSSR count). The van der Waals surface area contributed by atoms with Crippen LogP contribution in [0.4, 0.5) is 4.39 Å². The van der Waals surface area contributed by atoms with E-state index in [1.54, 1.807) is 19.1 Å². The van der Waals surface area contributed by atoms with Gasteiger partial charge in [-0.1, -0.05) is 6.07 Å². The van der Waals surface area contributed by atoms with Crippen molar-refractivity contribution in [3.8, 4) is 5.75 Å². The van der Waals surface area contributed by atoms with Crippen LogP contribution in [0.15, 0.2) is 12.1 Å². The molecule has 0 heterocycles. The molecule has 1 aromatic rings. The highest BCUT2D eigenvalue weighted by Gasteiger charge is 2.23. The lowest BCUT2D eigenvalue weighted by Gasteiger charge is -2.14. The Hall–Kier alpha value is -1.58. The number of methoxy groups -OCH3 is 1. The van der Waals surface area contributed by atoms with Gasteiger partial charge in [0.1, 0.15) is 11.6 Å². The third-order valence-corrected chi connectivity index (χ3v) is 2.36. The van der Waals surface area contributed by atoms with Crippen LogP contribution in [-0.2, 0) is 4.79 Å². The summed E-state index contributed by atoms with van der Waals surface area (Å²) in [6, 6.07) is 3.14. The molecule has 0 amide bonds. The summed E-state index contributed by atoms with van der Waals surface area (Å²) in [5.74, 6) is -2.23. The highest BCUT2D eigenvalue weighted by Crippen LogP contribution is 2.31. The number of halogens is 1. The molecule has 0 saturated carbocycles. The average molecular weight is 212 g/mol. The number of benzene rings is 1. The van der Waals surface area contributed by atoms with Crippen molar-refractivity contribution in [3.63, 3.8) is 0 Å². The largest absolute Gasteiger partial charge is 0.496 e. The van der Waals surface area contributed by atoms with Gasteiger partial charge in [0.2, 0.25) is 0 Å². The zero-order valence-electron chi connectivity index (χ0n) is 8.87. The fourth-order valence-electron chi connectivity index (χ4n) is 1.39. The van der Waals surface area contributed by atoms with Crippen molar-refractivity contribution in [2.24, 2.45) is 0 Å². The Morgan fingerprint density at radius 1 is 1.53 bits per heavy atom. The number of carboxylic acid groups (broad SMARTS) is 1. The second kappa shape index (κ2) is 4.29. The van der Waals surface area contributed by atoms with Gasteiger partial charge in [-0.3, -0.25) is 4.79 Å². The van der Waals surface area contributed by atoms with Gasteiger partial charge < -0.3 is 9.84 Å². The van der Waals surface area contributed by atoms with Gasteiger partial charge in [-0.15, -0.1) is 0 Å². The molecule has 0 aliphatic carbocycles. The Balaban J connectivity index is 3.35. The summed E-state index contributed by atoms with van der Waals surface area (Å²) in [5.41, 5.74) is 0.518. The average Bonchev–Trinajstić information content (AvgIpc) is 2.20. The molecule has 82 valence electrons. The van der Waals surface area contributed by atoms with E-state index in [0.717, 1.165) is 0 Å². The van der Waals surface area contributed by atoms with Gasteiger partial charge in [0.15, 0.2) is 0 Å². The van der Waals surface area contributed by atoms with Crippen LogP contribution in [0.25, 0.3) is 0 Å². The van der Waals surface area contributed by atoms with Crippen LogP contribution in [-0.4, -0.2) is 18.2 Å². The van der Waals surface area contributed by atoms with Crippen LogP contribution >= 0.6 is 0 Å². The first-order valence-electron chi connectivity index (χ1n) is 4.54. The number of carbonyl (C=O) groups is 1. The van der Waals surface area contributed by atoms with Crippen LogP contribution in [0.3, 0.4) is 0 Å². The summed E-state index contributed by atoms with van der Waals surface area (Å²) in [6.07, 6.45) is 0. The number of carboxylic acids is 1. The molecule has 0 radical (unpaired) electrons. The minimum absolute atomic E-state index is 0.102. The van der Waals surface area contributed by atoms with E-state index in [0.29, 0.717) is 5.56 Å². The Kier molecular flexibility index (Phi) is 3.29. The lowest BCUT2D eigenvalue weighted by molar-refractivity contribution is -0.138. The maximum Gasteiger partial charge on any atom is 0.310 e. The van der Waals surface area contributed by atoms with Crippen molar-refractivity contribution < 1.29 is 19.0 Å². The molecule has 0 fully saturated rings. The zero-order valence-corrected chi connectivity index (χ0v) is 8.87. The number of hydrogen-bond donors (Lipinski definition) is 1. The molecule has 0 spiro atoms. The molecule has 1 aromatic carbocycles. The molecule has 0 aromatic heterocycles. The minimum atomic E-state index is -1.07. The van der Waals surface area contributed by atoms with Crippen LogP contribution in [0.2, 0.25) is 0 Å². The molecule has 0 aliphatic rings. The summed E-state index contributed by atoms with van der Waals surface area (Å²) < 4.78 is 18.7. The second-order valence-corrected chi connectivity index (χ2v) is 3.37. The van der Waals surface area contributed by atoms with Crippen molar-refractivity contribution in [1.82, 2.24) is 0 Å². The first-order chi connectivity index (χ1) is 6.99. The van der Waals surface area contributed by atoms with Gasteiger partial charge in [-0.25, -0.2) is 4.39 Å². The maximum absolute atomic E-state index is 13.7. The second-order valence-electron chi connectivity index (χ2n) is 3.37. The zero-order chi connectivity index (χ0) is 11.6. The Morgan fingerprint density at radius 3 is 2.60 bits per heavy atom. The van der Waals surface area contributed by atoms with E-state index in [4.69, 9.17) is 9.84 Å². The Morgan fingerprint density at radius 2 is 2.13 bits per heavy atom. The van der Waals surface area contributed by atoms with E-state index in [1.807, 2.05) is 0 Å². The van der Waals surface area contributed by atoms with Crippen LogP contribution in [0, 0.1) is 12.7 Å². The van der Waals surface area contributed by atoms with Crippen molar-refractivity contribution in [1.29, 1.82) is 0 Å². The lowest BCUT2D eigenvalue weighted by Crippen LogP contribution is -2.11. The van der Waals surface area contributed by atoms with Crippen molar-refractivity contribution in [2.75, 3.05) is 7.11 Å². The molecule has 1 N–H and O–H groups in total. The van der Waals surface area contributed by atoms with Gasteiger partial charge in [0, 0.05) is 5.56 Å². The molecule has 1 unspecified atom stereocenters. The lowest BCUT2D eigenvalue weighted by atomic mass is 9.97. The normalized spacial score (nSPS) is 12.3. The number of aliphatic carboxylic acids is 1. The van der Waals surface area contributed by atoms with E-state index < -0.39 is 17.7 Å². The van der Waals surface area contributed by atoms with Crippen molar-refractivity contribution >= 4 is 5.97 Å². The van der Waals surface area contributed by atoms with E-state index in [2.05, 4.69) is 0 Å². The van der Waals surface area contributed by atoms with Gasteiger partial charge in [-0.2, -0.15) is 0 Å². The molecule has 0 saturated heterocycles. The van der Waals surface area contributed by atoms with Crippen LogP contribution in [0.5, 0.6) is 5.75 Å². The summed E-state index contributed by atoms with van der Waals surface area (Å²) in [5, 5.41) is 8.85. The van der Waals surface area contributed by atoms with Gasteiger partial charge in [0.05, 0.1) is 13.0 Å². The molecular weight excluding hydrogens is 199 g/mol. The van der Waals surface area contributed by atoms with Gasteiger partial charge in [-0.05, 0) is 25.5 Å². The molecule has 0 aliphatic heterocycles. The molecule has 1 atom stereocenters. The minimum Gasteiger partial charge on any atom is -0.496 e. The predicted octanol–water partition coefficient (Wildman–Crippen LogP) is 2.33. The fraction of sp³-hybridized carbons (Fsp3) is 0.364. The SMILES string of the molecule is COc1ccc(C)c(F)c1C(C)C(=O)O. The van der Waals surface area contributed by atoms with Crippen LogP contribution in [0.1, 0.15) is 24.0 Å². The molecule has 0 bridgehead atoms. The summed E-state index contributed by atoms with van der Waals surface area (Å²) >= 11 is 0. The Bertz CT molecular complexity index is 388. The van der Waals surface area contributed by atoms with Crippen LogP contribution < -0.4 is 4.74 Å².